The minimum absolute atomic E-state index is 0.0670. The Bertz CT molecular complexity index is 1490. The monoisotopic (exact) mass is 441 g/mol. The van der Waals surface area contributed by atoms with Crippen LogP contribution in [0.3, 0.4) is 0 Å². The van der Waals surface area contributed by atoms with Gasteiger partial charge in [0.25, 0.3) is 0 Å². The summed E-state index contributed by atoms with van der Waals surface area (Å²) in [5.41, 5.74) is 2.01. The Balaban J connectivity index is 1.67. The summed E-state index contributed by atoms with van der Waals surface area (Å²) in [6, 6.07) is 23.2. The molecule has 156 valence electrons. The standard InChI is InChI=1S/C24H16ClN5O2/c25-17-10-12-18(13-11-17)30-24(26-27-28-30)20-14-29(15-22(31)16-6-2-1-3-7-16)21-9-5-4-8-19(21)23(20)32/h1-14H,15H2. The summed E-state index contributed by atoms with van der Waals surface area (Å²) in [6.45, 7) is 0.0698. The summed E-state index contributed by atoms with van der Waals surface area (Å²) in [4.78, 5) is 26.2. The van der Waals surface area contributed by atoms with E-state index in [1.54, 1.807) is 59.3 Å². The van der Waals surface area contributed by atoms with Gasteiger partial charge in [-0.3, -0.25) is 9.59 Å². The normalized spacial score (nSPS) is 11.0. The maximum Gasteiger partial charge on any atom is 0.200 e. The van der Waals surface area contributed by atoms with E-state index in [1.807, 2.05) is 30.3 Å². The van der Waals surface area contributed by atoms with Crippen LogP contribution < -0.4 is 5.43 Å². The first-order valence-corrected chi connectivity index (χ1v) is 10.2. The molecule has 0 atom stereocenters. The van der Waals surface area contributed by atoms with Crippen molar-refractivity contribution in [2.75, 3.05) is 0 Å². The highest BCUT2D eigenvalue weighted by molar-refractivity contribution is 6.30. The number of nitrogens with zero attached hydrogens (tertiary/aromatic N) is 5. The Kier molecular flexibility index (Phi) is 5.09. The van der Waals surface area contributed by atoms with E-state index in [-0.39, 0.29) is 23.6 Å². The number of benzene rings is 3. The lowest BCUT2D eigenvalue weighted by atomic mass is 10.1. The van der Waals surface area contributed by atoms with Gasteiger partial charge in [0.05, 0.1) is 23.3 Å². The smallest absolute Gasteiger partial charge is 0.200 e. The zero-order valence-electron chi connectivity index (χ0n) is 16.7. The summed E-state index contributed by atoms with van der Waals surface area (Å²) >= 11 is 5.99. The first-order valence-electron chi connectivity index (χ1n) is 9.87. The number of carbonyl (C=O) groups excluding carboxylic acids is 1. The Hall–Kier alpha value is -4.10. The molecular weight excluding hydrogens is 426 g/mol. The van der Waals surface area contributed by atoms with Crippen molar-refractivity contribution in [2.45, 2.75) is 6.54 Å². The molecule has 0 spiro atoms. The third-order valence-electron chi connectivity index (χ3n) is 5.18. The molecule has 5 rings (SSSR count). The summed E-state index contributed by atoms with van der Waals surface area (Å²) in [7, 11) is 0. The minimum atomic E-state index is -0.214. The van der Waals surface area contributed by atoms with Gasteiger partial charge in [-0.05, 0) is 46.8 Å². The van der Waals surface area contributed by atoms with E-state index in [4.69, 9.17) is 11.6 Å². The maximum atomic E-state index is 13.3. The quantitative estimate of drug-likeness (QED) is 0.382. The summed E-state index contributed by atoms with van der Waals surface area (Å²) in [6.07, 6.45) is 1.64. The SMILES string of the molecule is O=C(Cn1cc(-c2nnnn2-c2ccc(Cl)cc2)c(=O)c2ccccc21)c1ccccc1. The van der Waals surface area contributed by atoms with Crippen molar-refractivity contribution < 1.29 is 4.79 Å². The third kappa shape index (κ3) is 3.59. The molecule has 0 unspecified atom stereocenters. The molecule has 2 heterocycles. The fraction of sp³-hybridized carbons (Fsp3) is 0.0417. The Labute approximate surface area is 187 Å². The second-order valence-corrected chi connectivity index (χ2v) is 7.63. The molecule has 7 nitrogen and oxygen atoms in total. The van der Waals surface area contributed by atoms with E-state index < -0.39 is 0 Å². The van der Waals surface area contributed by atoms with E-state index >= 15 is 0 Å². The lowest BCUT2D eigenvalue weighted by Crippen LogP contribution is -2.18. The van der Waals surface area contributed by atoms with Crippen molar-refractivity contribution in [1.29, 1.82) is 0 Å². The molecule has 0 aliphatic carbocycles. The fourth-order valence-electron chi connectivity index (χ4n) is 3.62. The lowest BCUT2D eigenvalue weighted by Gasteiger charge is -2.13. The summed E-state index contributed by atoms with van der Waals surface area (Å²) in [5, 5.41) is 13.0. The van der Waals surface area contributed by atoms with Crippen molar-refractivity contribution in [2.24, 2.45) is 0 Å². The van der Waals surface area contributed by atoms with E-state index in [2.05, 4.69) is 15.5 Å². The first kappa shape index (κ1) is 19.8. The molecule has 0 radical (unpaired) electrons. The third-order valence-corrected chi connectivity index (χ3v) is 5.43. The predicted molar refractivity (Wildman–Crippen MR) is 122 cm³/mol. The number of ketones is 1. The number of Topliss-reactive ketones (excluding diaryl/α,β-unsaturated/α-hetero) is 1. The highest BCUT2D eigenvalue weighted by Crippen LogP contribution is 2.22. The number of carbonyl (C=O) groups is 1. The van der Waals surface area contributed by atoms with Crippen molar-refractivity contribution in [3.05, 3.63) is 106 Å². The Morgan fingerprint density at radius 3 is 2.41 bits per heavy atom. The number of pyridine rings is 1. The molecular formula is C24H16ClN5O2. The molecule has 0 saturated heterocycles. The van der Waals surface area contributed by atoms with Crippen LogP contribution in [0.15, 0.2) is 89.9 Å². The van der Waals surface area contributed by atoms with Crippen LogP contribution in [0.5, 0.6) is 0 Å². The van der Waals surface area contributed by atoms with E-state index in [1.165, 1.54) is 4.68 Å². The molecule has 2 aromatic heterocycles. The molecule has 0 fully saturated rings. The zero-order valence-corrected chi connectivity index (χ0v) is 17.5. The fourth-order valence-corrected chi connectivity index (χ4v) is 3.74. The van der Waals surface area contributed by atoms with Gasteiger partial charge in [-0.15, -0.1) is 5.10 Å². The van der Waals surface area contributed by atoms with E-state index in [0.717, 1.165) is 0 Å². The summed E-state index contributed by atoms with van der Waals surface area (Å²) < 4.78 is 3.24. The number of rotatable bonds is 5. The van der Waals surface area contributed by atoms with Gasteiger partial charge in [0.1, 0.15) is 0 Å². The first-order chi connectivity index (χ1) is 15.6. The van der Waals surface area contributed by atoms with Gasteiger partial charge < -0.3 is 4.57 Å². The number of tetrazole rings is 1. The van der Waals surface area contributed by atoms with Gasteiger partial charge in [-0.25, -0.2) is 0 Å². The predicted octanol–water partition coefficient (Wildman–Crippen LogP) is 4.18. The summed E-state index contributed by atoms with van der Waals surface area (Å²) in [5.74, 6) is 0.214. The Morgan fingerprint density at radius 1 is 0.906 bits per heavy atom. The Morgan fingerprint density at radius 2 is 1.62 bits per heavy atom. The van der Waals surface area contributed by atoms with Crippen molar-refractivity contribution in [3.63, 3.8) is 0 Å². The van der Waals surface area contributed by atoms with Crippen molar-refractivity contribution in [1.82, 2.24) is 24.8 Å². The van der Waals surface area contributed by atoms with Gasteiger partial charge in [0.15, 0.2) is 17.0 Å². The number of fused-ring (bicyclic) bond motifs is 1. The van der Waals surface area contributed by atoms with Crippen LogP contribution in [-0.2, 0) is 6.54 Å². The van der Waals surface area contributed by atoms with Gasteiger partial charge >= 0.3 is 0 Å². The van der Waals surface area contributed by atoms with Gasteiger partial charge in [0.2, 0.25) is 0 Å². The van der Waals surface area contributed by atoms with Crippen LogP contribution in [-0.4, -0.2) is 30.6 Å². The molecule has 0 saturated carbocycles. The van der Waals surface area contributed by atoms with Gasteiger partial charge in [-0.1, -0.05) is 54.1 Å². The lowest BCUT2D eigenvalue weighted by molar-refractivity contribution is 0.0973. The van der Waals surface area contributed by atoms with Crippen LogP contribution >= 0.6 is 11.6 Å². The average molecular weight is 442 g/mol. The number of aromatic nitrogens is 5. The van der Waals surface area contributed by atoms with Crippen molar-refractivity contribution >= 4 is 28.3 Å². The molecule has 0 amide bonds. The van der Waals surface area contributed by atoms with Gasteiger partial charge in [-0.2, -0.15) is 4.68 Å². The number of hydrogen-bond donors (Lipinski definition) is 0. The average Bonchev–Trinajstić information content (AvgIpc) is 3.31. The molecule has 0 N–H and O–H groups in total. The molecule has 0 aliphatic rings. The molecule has 3 aromatic carbocycles. The molecule has 5 aromatic rings. The molecule has 32 heavy (non-hydrogen) atoms. The van der Waals surface area contributed by atoms with Crippen LogP contribution in [0, 0.1) is 0 Å². The molecule has 8 heteroatoms. The van der Waals surface area contributed by atoms with Crippen molar-refractivity contribution in [3.8, 4) is 17.1 Å². The zero-order chi connectivity index (χ0) is 22.1. The van der Waals surface area contributed by atoms with Crippen LogP contribution in [0.2, 0.25) is 5.02 Å². The second kappa shape index (κ2) is 8.20. The minimum Gasteiger partial charge on any atom is -0.339 e. The van der Waals surface area contributed by atoms with E-state index in [0.29, 0.717) is 32.7 Å². The van der Waals surface area contributed by atoms with Gasteiger partial charge in [0, 0.05) is 22.2 Å². The van der Waals surface area contributed by atoms with E-state index in [9.17, 15) is 9.59 Å². The number of halogens is 1. The topological polar surface area (TPSA) is 82.7 Å². The maximum absolute atomic E-state index is 13.3. The van der Waals surface area contributed by atoms with Crippen LogP contribution in [0.25, 0.3) is 28.0 Å². The number of hydrogen-bond acceptors (Lipinski definition) is 5. The highest BCUT2D eigenvalue weighted by Gasteiger charge is 2.19. The highest BCUT2D eigenvalue weighted by atomic mass is 35.5. The molecule has 0 aliphatic heterocycles. The molecule has 0 bridgehead atoms. The number of para-hydroxylation sites is 1. The van der Waals surface area contributed by atoms with Crippen LogP contribution in [0.4, 0.5) is 0 Å². The van der Waals surface area contributed by atoms with Crippen LogP contribution in [0.1, 0.15) is 10.4 Å². The second-order valence-electron chi connectivity index (χ2n) is 7.20. The largest absolute Gasteiger partial charge is 0.339 e.